The Kier molecular flexibility index (Phi) is 2.77. The van der Waals surface area contributed by atoms with E-state index in [-0.39, 0.29) is 0 Å². The van der Waals surface area contributed by atoms with Gasteiger partial charge in [0, 0.05) is 25.0 Å². The Hall–Kier alpha value is -0.970. The first-order valence-electron chi connectivity index (χ1n) is 4.66. The van der Waals surface area contributed by atoms with Crippen LogP contribution in [0.2, 0.25) is 0 Å². The van der Waals surface area contributed by atoms with E-state index in [2.05, 4.69) is 21.9 Å². The molecule has 5 heteroatoms. The van der Waals surface area contributed by atoms with E-state index in [1.54, 1.807) is 6.20 Å². The summed E-state index contributed by atoms with van der Waals surface area (Å²) in [5.41, 5.74) is 5.54. The fraction of sp³-hybridized carbons (Fsp3) is 0.556. The topological polar surface area (TPSA) is 55.0 Å². The van der Waals surface area contributed by atoms with E-state index >= 15 is 0 Å². The summed E-state index contributed by atoms with van der Waals surface area (Å²) >= 11 is 1.99. The van der Waals surface area contributed by atoms with E-state index < -0.39 is 0 Å². The zero-order valence-electron chi connectivity index (χ0n) is 8.18. The molecule has 76 valence electrons. The van der Waals surface area contributed by atoms with E-state index in [1.807, 2.05) is 17.8 Å². The summed E-state index contributed by atoms with van der Waals surface area (Å²) in [6.45, 7) is 0. The van der Waals surface area contributed by atoms with Gasteiger partial charge in [0.05, 0.1) is 0 Å². The quantitative estimate of drug-likeness (QED) is 0.789. The van der Waals surface area contributed by atoms with Crippen LogP contribution >= 0.6 is 11.8 Å². The first-order valence-corrected chi connectivity index (χ1v) is 5.82. The highest BCUT2D eigenvalue weighted by atomic mass is 32.2. The molecule has 2 heterocycles. The van der Waals surface area contributed by atoms with Crippen molar-refractivity contribution < 1.29 is 0 Å². The molecule has 1 aliphatic rings. The van der Waals surface area contributed by atoms with Crippen molar-refractivity contribution in [3.05, 3.63) is 12.3 Å². The Labute approximate surface area is 87.9 Å². The Bertz CT molecular complexity index is 311. The normalized spacial score (nSPS) is 21.1. The Balaban J connectivity index is 2.13. The van der Waals surface area contributed by atoms with Gasteiger partial charge in [-0.3, -0.25) is 0 Å². The monoisotopic (exact) mass is 210 g/mol. The van der Waals surface area contributed by atoms with E-state index in [0.29, 0.717) is 12.0 Å². The molecule has 1 fully saturated rings. The number of anilines is 2. The molecule has 1 aromatic rings. The largest absolute Gasteiger partial charge is 0.368 e. The second kappa shape index (κ2) is 4.04. The van der Waals surface area contributed by atoms with Crippen LogP contribution in [-0.4, -0.2) is 34.6 Å². The van der Waals surface area contributed by atoms with Crippen LogP contribution in [0.1, 0.15) is 6.42 Å². The number of nitrogen functional groups attached to an aromatic ring is 1. The molecular formula is C9H14N4S. The second-order valence-corrected chi connectivity index (χ2v) is 4.55. The average molecular weight is 210 g/mol. The first kappa shape index (κ1) is 9.58. The van der Waals surface area contributed by atoms with Gasteiger partial charge in [0.15, 0.2) is 0 Å². The minimum absolute atomic E-state index is 0.347. The van der Waals surface area contributed by atoms with Gasteiger partial charge >= 0.3 is 0 Å². The van der Waals surface area contributed by atoms with Gasteiger partial charge in [-0.25, -0.2) is 4.98 Å². The molecule has 2 N–H and O–H groups in total. The molecule has 0 aliphatic carbocycles. The molecule has 0 bridgehead atoms. The van der Waals surface area contributed by atoms with Crippen molar-refractivity contribution >= 4 is 23.5 Å². The van der Waals surface area contributed by atoms with Crippen molar-refractivity contribution in [1.82, 2.24) is 9.97 Å². The number of thioether (sulfide) groups is 1. The summed E-state index contributed by atoms with van der Waals surface area (Å²) in [7, 11) is 2.07. The Morgan fingerprint density at radius 1 is 1.64 bits per heavy atom. The highest BCUT2D eigenvalue weighted by Crippen LogP contribution is 2.24. The third-order valence-corrected chi connectivity index (χ3v) is 3.62. The lowest BCUT2D eigenvalue weighted by Crippen LogP contribution is -2.32. The molecule has 1 aliphatic heterocycles. The van der Waals surface area contributed by atoms with Crippen LogP contribution in [-0.2, 0) is 0 Å². The van der Waals surface area contributed by atoms with Gasteiger partial charge in [-0.05, 0) is 18.2 Å². The molecule has 1 unspecified atom stereocenters. The zero-order valence-corrected chi connectivity index (χ0v) is 9.00. The summed E-state index contributed by atoms with van der Waals surface area (Å²) in [5.74, 6) is 3.70. The third-order valence-electron chi connectivity index (χ3n) is 2.47. The van der Waals surface area contributed by atoms with Crippen molar-refractivity contribution in [2.45, 2.75) is 12.5 Å². The summed E-state index contributed by atoms with van der Waals surface area (Å²) in [6, 6.07) is 2.49. The number of hydrogen-bond donors (Lipinski definition) is 1. The molecule has 0 spiro atoms. The SMILES string of the molecule is CN(c1ccnc(N)n1)C1CCSC1. The standard InChI is InChI=1S/C9H14N4S/c1-13(7-3-5-14-6-7)8-2-4-11-9(10)12-8/h2,4,7H,3,5-6H2,1H3,(H2,10,11,12). The molecule has 0 amide bonds. The van der Waals surface area contributed by atoms with Crippen molar-refractivity contribution in [2.24, 2.45) is 0 Å². The number of rotatable bonds is 2. The third kappa shape index (κ3) is 1.92. The lowest BCUT2D eigenvalue weighted by atomic mass is 10.2. The van der Waals surface area contributed by atoms with Crippen LogP contribution in [0, 0.1) is 0 Å². The van der Waals surface area contributed by atoms with Crippen LogP contribution in [0.15, 0.2) is 12.3 Å². The number of hydrogen-bond acceptors (Lipinski definition) is 5. The van der Waals surface area contributed by atoms with E-state index in [0.717, 1.165) is 5.82 Å². The van der Waals surface area contributed by atoms with Gasteiger partial charge in [-0.15, -0.1) is 0 Å². The molecule has 0 radical (unpaired) electrons. The molecule has 14 heavy (non-hydrogen) atoms. The molecule has 2 rings (SSSR count). The predicted octanol–water partition coefficient (Wildman–Crippen LogP) is 1.00. The zero-order chi connectivity index (χ0) is 9.97. The highest BCUT2D eigenvalue weighted by Gasteiger charge is 2.20. The van der Waals surface area contributed by atoms with E-state index in [9.17, 15) is 0 Å². The predicted molar refractivity (Wildman–Crippen MR) is 60.6 cm³/mol. The molecule has 1 aromatic heterocycles. The van der Waals surface area contributed by atoms with Crippen molar-refractivity contribution in [1.29, 1.82) is 0 Å². The summed E-state index contributed by atoms with van der Waals surface area (Å²) in [5, 5.41) is 0. The van der Waals surface area contributed by atoms with Crippen molar-refractivity contribution in [3.63, 3.8) is 0 Å². The van der Waals surface area contributed by atoms with Crippen LogP contribution in [0.25, 0.3) is 0 Å². The number of nitrogens with two attached hydrogens (primary N) is 1. The first-order chi connectivity index (χ1) is 6.77. The van der Waals surface area contributed by atoms with Gasteiger partial charge in [0.25, 0.3) is 0 Å². The van der Waals surface area contributed by atoms with Gasteiger partial charge in [-0.1, -0.05) is 0 Å². The maximum absolute atomic E-state index is 5.54. The molecule has 1 atom stereocenters. The fourth-order valence-electron chi connectivity index (χ4n) is 1.57. The van der Waals surface area contributed by atoms with Crippen LogP contribution in [0.5, 0.6) is 0 Å². The summed E-state index contributed by atoms with van der Waals surface area (Å²) in [4.78, 5) is 10.3. The lowest BCUT2D eigenvalue weighted by molar-refractivity contribution is 0.691. The Morgan fingerprint density at radius 2 is 2.50 bits per heavy atom. The number of nitrogens with zero attached hydrogens (tertiary/aromatic N) is 3. The average Bonchev–Trinajstić information content (AvgIpc) is 2.69. The Morgan fingerprint density at radius 3 is 3.14 bits per heavy atom. The maximum Gasteiger partial charge on any atom is 0.221 e. The van der Waals surface area contributed by atoms with E-state index in [4.69, 9.17) is 5.73 Å². The van der Waals surface area contributed by atoms with Gasteiger partial charge in [0.1, 0.15) is 5.82 Å². The minimum Gasteiger partial charge on any atom is -0.368 e. The van der Waals surface area contributed by atoms with Gasteiger partial charge in [-0.2, -0.15) is 16.7 Å². The van der Waals surface area contributed by atoms with Crippen molar-refractivity contribution in [3.8, 4) is 0 Å². The fourth-order valence-corrected chi connectivity index (χ4v) is 2.84. The second-order valence-electron chi connectivity index (χ2n) is 3.40. The molecule has 0 saturated carbocycles. The molecule has 1 saturated heterocycles. The van der Waals surface area contributed by atoms with Crippen LogP contribution in [0.3, 0.4) is 0 Å². The maximum atomic E-state index is 5.54. The number of aromatic nitrogens is 2. The molecular weight excluding hydrogens is 196 g/mol. The van der Waals surface area contributed by atoms with Gasteiger partial charge in [0.2, 0.25) is 5.95 Å². The summed E-state index contributed by atoms with van der Waals surface area (Å²) < 4.78 is 0. The smallest absolute Gasteiger partial charge is 0.221 e. The van der Waals surface area contributed by atoms with E-state index in [1.165, 1.54) is 17.9 Å². The highest BCUT2D eigenvalue weighted by molar-refractivity contribution is 7.99. The van der Waals surface area contributed by atoms with Crippen molar-refractivity contribution in [2.75, 3.05) is 29.2 Å². The molecule has 0 aromatic carbocycles. The van der Waals surface area contributed by atoms with Gasteiger partial charge < -0.3 is 10.6 Å². The van der Waals surface area contributed by atoms with Crippen LogP contribution < -0.4 is 10.6 Å². The van der Waals surface area contributed by atoms with Crippen LogP contribution in [0.4, 0.5) is 11.8 Å². The molecule has 4 nitrogen and oxygen atoms in total. The lowest BCUT2D eigenvalue weighted by Gasteiger charge is -2.24. The summed E-state index contributed by atoms with van der Waals surface area (Å²) in [6.07, 6.45) is 2.93. The minimum atomic E-state index is 0.347.